The standard InChI is InChI=1S/C12H10O6/c1-3-15-9-7(13-1)5-17-11(9)12-10-8(6-18-12)14-2-4-16-10/h5-6H,1-4H2. The second-order valence-electron chi connectivity index (χ2n) is 3.91. The zero-order valence-electron chi connectivity index (χ0n) is 9.43. The van der Waals surface area contributed by atoms with Gasteiger partial charge in [0, 0.05) is 0 Å². The molecule has 94 valence electrons. The first-order chi connectivity index (χ1) is 8.93. The van der Waals surface area contributed by atoms with Crippen LogP contribution in [0, 0.1) is 0 Å². The largest absolute Gasteiger partial charge is 0.483 e. The highest BCUT2D eigenvalue weighted by Crippen LogP contribution is 2.49. The summed E-state index contributed by atoms with van der Waals surface area (Å²) in [5.41, 5.74) is 0. The zero-order valence-corrected chi connectivity index (χ0v) is 9.43. The minimum atomic E-state index is 0.469. The monoisotopic (exact) mass is 250 g/mol. The van der Waals surface area contributed by atoms with Gasteiger partial charge in [0.15, 0.2) is 0 Å². The molecule has 2 aliphatic heterocycles. The van der Waals surface area contributed by atoms with Gasteiger partial charge in [0.2, 0.25) is 34.5 Å². The Balaban J connectivity index is 1.83. The summed E-state index contributed by atoms with van der Waals surface area (Å²) in [6.45, 7) is 2.00. The molecule has 2 aliphatic rings. The molecule has 0 bridgehead atoms. The lowest BCUT2D eigenvalue weighted by Gasteiger charge is -2.16. The molecule has 6 nitrogen and oxygen atoms in total. The molecule has 0 unspecified atom stereocenters. The van der Waals surface area contributed by atoms with Crippen LogP contribution in [0.2, 0.25) is 0 Å². The Hall–Kier alpha value is -2.24. The molecular formula is C12H10O6. The average molecular weight is 250 g/mol. The van der Waals surface area contributed by atoms with Crippen LogP contribution in [-0.2, 0) is 0 Å². The summed E-state index contributed by atoms with van der Waals surface area (Å²) in [7, 11) is 0. The molecule has 0 radical (unpaired) electrons. The Bertz CT molecular complexity index is 529. The van der Waals surface area contributed by atoms with Gasteiger partial charge in [0.25, 0.3) is 0 Å². The van der Waals surface area contributed by atoms with Crippen molar-refractivity contribution < 1.29 is 27.8 Å². The summed E-state index contributed by atoms with van der Waals surface area (Å²) in [5, 5.41) is 0. The Labute approximate surface area is 102 Å². The fourth-order valence-corrected chi connectivity index (χ4v) is 2.04. The van der Waals surface area contributed by atoms with E-state index in [9.17, 15) is 0 Å². The van der Waals surface area contributed by atoms with Crippen LogP contribution in [0.4, 0.5) is 0 Å². The second kappa shape index (κ2) is 3.63. The lowest BCUT2D eigenvalue weighted by atomic mass is 10.3. The molecule has 0 aromatic carbocycles. The van der Waals surface area contributed by atoms with E-state index >= 15 is 0 Å². The van der Waals surface area contributed by atoms with Gasteiger partial charge in [-0.1, -0.05) is 0 Å². The van der Waals surface area contributed by atoms with Gasteiger partial charge >= 0.3 is 0 Å². The van der Waals surface area contributed by atoms with Crippen molar-refractivity contribution in [1.29, 1.82) is 0 Å². The number of fused-ring (bicyclic) bond motifs is 2. The van der Waals surface area contributed by atoms with Crippen LogP contribution in [0.3, 0.4) is 0 Å². The number of hydrogen-bond donors (Lipinski definition) is 0. The maximum absolute atomic E-state index is 5.53. The van der Waals surface area contributed by atoms with Crippen molar-refractivity contribution in [2.24, 2.45) is 0 Å². The third-order valence-corrected chi connectivity index (χ3v) is 2.81. The third kappa shape index (κ3) is 1.28. The van der Waals surface area contributed by atoms with Gasteiger partial charge in [0.05, 0.1) is 0 Å². The van der Waals surface area contributed by atoms with Gasteiger partial charge in [0.1, 0.15) is 39.0 Å². The topological polar surface area (TPSA) is 63.2 Å². The second-order valence-corrected chi connectivity index (χ2v) is 3.91. The van der Waals surface area contributed by atoms with E-state index in [4.69, 9.17) is 27.8 Å². The van der Waals surface area contributed by atoms with Crippen molar-refractivity contribution in [3.05, 3.63) is 12.5 Å². The predicted molar refractivity (Wildman–Crippen MR) is 58.4 cm³/mol. The first kappa shape index (κ1) is 9.76. The molecule has 0 atom stereocenters. The summed E-state index contributed by atoms with van der Waals surface area (Å²) in [6.07, 6.45) is 3.00. The Kier molecular flexibility index (Phi) is 1.97. The molecule has 4 rings (SSSR count). The Morgan fingerprint density at radius 1 is 0.611 bits per heavy atom. The maximum atomic E-state index is 5.53. The fourth-order valence-electron chi connectivity index (χ4n) is 2.04. The molecule has 0 aliphatic carbocycles. The molecule has 0 spiro atoms. The van der Waals surface area contributed by atoms with Gasteiger partial charge in [-0.25, -0.2) is 0 Å². The lowest BCUT2D eigenvalue weighted by Crippen LogP contribution is -2.15. The predicted octanol–water partition coefficient (Wildman–Crippen LogP) is 2.08. The van der Waals surface area contributed by atoms with E-state index in [2.05, 4.69) is 0 Å². The summed E-state index contributed by atoms with van der Waals surface area (Å²) in [4.78, 5) is 0. The van der Waals surface area contributed by atoms with Crippen LogP contribution < -0.4 is 18.9 Å². The van der Waals surface area contributed by atoms with E-state index < -0.39 is 0 Å². The van der Waals surface area contributed by atoms with Gasteiger partial charge in [-0.05, 0) is 0 Å². The van der Waals surface area contributed by atoms with Crippen LogP contribution in [0.15, 0.2) is 21.4 Å². The highest BCUT2D eigenvalue weighted by atomic mass is 16.6. The zero-order chi connectivity index (χ0) is 11.9. The van der Waals surface area contributed by atoms with Crippen molar-refractivity contribution in [2.75, 3.05) is 26.4 Å². The Morgan fingerprint density at radius 3 is 1.56 bits per heavy atom. The molecular weight excluding hydrogens is 240 g/mol. The number of rotatable bonds is 1. The van der Waals surface area contributed by atoms with E-state index in [-0.39, 0.29) is 0 Å². The minimum absolute atomic E-state index is 0.469. The van der Waals surface area contributed by atoms with Crippen LogP contribution in [0.1, 0.15) is 0 Å². The normalized spacial score (nSPS) is 16.7. The summed E-state index contributed by atoms with van der Waals surface area (Å²) < 4.78 is 32.8. The maximum Gasteiger partial charge on any atom is 0.219 e. The molecule has 6 heteroatoms. The van der Waals surface area contributed by atoms with Crippen molar-refractivity contribution in [3.63, 3.8) is 0 Å². The molecule has 2 aromatic heterocycles. The number of ether oxygens (including phenoxy) is 4. The number of furan rings is 2. The quantitative estimate of drug-likeness (QED) is 0.772. The fraction of sp³-hybridized carbons (Fsp3) is 0.333. The van der Waals surface area contributed by atoms with Gasteiger partial charge in [-0.2, -0.15) is 0 Å². The lowest BCUT2D eigenvalue weighted by molar-refractivity contribution is 0.171. The van der Waals surface area contributed by atoms with E-state index in [1.807, 2.05) is 0 Å². The average Bonchev–Trinajstić information content (AvgIpc) is 3.01. The minimum Gasteiger partial charge on any atom is -0.483 e. The molecule has 4 heterocycles. The van der Waals surface area contributed by atoms with E-state index in [0.29, 0.717) is 60.9 Å². The third-order valence-electron chi connectivity index (χ3n) is 2.81. The highest BCUT2D eigenvalue weighted by molar-refractivity contribution is 5.72. The molecule has 2 aromatic rings. The number of hydrogen-bond acceptors (Lipinski definition) is 6. The first-order valence-electron chi connectivity index (χ1n) is 5.68. The van der Waals surface area contributed by atoms with E-state index in [1.54, 1.807) is 0 Å². The van der Waals surface area contributed by atoms with Gasteiger partial charge in [-0.3, -0.25) is 0 Å². The molecule has 0 N–H and O–H groups in total. The van der Waals surface area contributed by atoms with Gasteiger partial charge < -0.3 is 27.8 Å². The van der Waals surface area contributed by atoms with E-state index in [0.717, 1.165) is 0 Å². The summed E-state index contributed by atoms with van der Waals surface area (Å²) in [5.74, 6) is 3.20. The smallest absolute Gasteiger partial charge is 0.219 e. The van der Waals surface area contributed by atoms with Crippen LogP contribution in [0.5, 0.6) is 23.0 Å². The van der Waals surface area contributed by atoms with Gasteiger partial charge in [-0.15, -0.1) is 0 Å². The van der Waals surface area contributed by atoms with Crippen LogP contribution >= 0.6 is 0 Å². The Morgan fingerprint density at radius 2 is 1.06 bits per heavy atom. The van der Waals surface area contributed by atoms with Crippen molar-refractivity contribution in [2.45, 2.75) is 0 Å². The SMILES string of the molecule is c1oc(-c2occ3c2OCCO3)c2c1OCCO2. The van der Waals surface area contributed by atoms with Crippen LogP contribution in [-0.4, -0.2) is 26.4 Å². The molecule has 0 amide bonds. The first-order valence-corrected chi connectivity index (χ1v) is 5.68. The van der Waals surface area contributed by atoms with E-state index in [1.165, 1.54) is 12.5 Å². The summed E-state index contributed by atoms with van der Waals surface area (Å²) in [6, 6.07) is 0. The highest BCUT2D eigenvalue weighted by Gasteiger charge is 2.30. The summed E-state index contributed by atoms with van der Waals surface area (Å²) >= 11 is 0. The molecule has 0 saturated carbocycles. The van der Waals surface area contributed by atoms with Crippen LogP contribution in [0.25, 0.3) is 11.5 Å². The van der Waals surface area contributed by atoms with Crippen molar-refractivity contribution >= 4 is 0 Å². The van der Waals surface area contributed by atoms with Crippen molar-refractivity contribution in [1.82, 2.24) is 0 Å². The van der Waals surface area contributed by atoms with Crippen molar-refractivity contribution in [3.8, 4) is 34.5 Å². The molecule has 18 heavy (non-hydrogen) atoms. The molecule has 0 saturated heterocycles. The molecule has 0 fully saturated rings.